The van der Waals surface area contributed by atoms with E-state index in [1.165, 1.54) is 5.69 Å². The Bertz CT molecular complexity index is 527. The molecule has 4 heterocycles. The fourth-order valence-electron chi connectivity index (χ4n) is 3.68. The number of piperidine rings is 1. The maximum Gasteiger partial charge on any atom is 0.410 e. The number of hydrogen-bond acceptors (Lipinski definition) is 5. The van der Waals surface area contributed by atoms with Gasteiger partial charge in [-0.15, -0.1) is 0 Å². The van der Waals surface area contributed by atoms with Crippen molar-refractivity contribution < 1.29 is 9.53 Å². The summed E-state index contributed by atoms with van der Waals surface area (Å²) in [5, 5.41) is 8.08. The molecular weight excluding hydrogens is 282 g/mol. The standard InChI is InChI=1S/C15H23N5O2/c21-15-19(7-8-22-15)13-1-4-18(5-2-13)11-12-9-14-10-16-3-6-20(14)17-12/h9,13,16H,1-8,10-11H2. The van der Waals surface area contributed by atoms with Gasteiger partial charge in [-0.2, -0.15) is 5.10 Å². The summed E-state index contributed by atoms with van der Waals surface area (Å²) in [6, 6.07) is 2.57. The maximum absolute atomic E-state index is 11.6. The van der Waals surface area contributed by atoms with E-state index in [0.29, 0.717) is 12.6 Å². The zero-order valence-electron chi connectivity index (χ0n) is 12.8. The first-order valence-corrected chi connectivity index (χ1v) is 8.22. The van der Waals surface area contributed by atoms with E-state index < -0.39 is 0 Å². The summed E-state index contributed by atoms with van der Waals surface area (Å²) in [5.74, 6) is 0. The van der Waals surface area contributed by atoms with E-state index >= 15 is 0 Å². The molecular formula is C15H23N5O2. The molecule has 1 N–H and O–H groups in total. The van der Waals surface area contributed by atoms with Crippen LogP contribution in [0.1, 0.15) is 24.2 Å². The number of nitrogens with zero attached hydrogens (tertiary/aromatic N) is 4. The van der Waals surface area contributed by atoms with Crippen molar-refractivity contribution in [1.82, 2.24) is 24.9 Å². The van der Waals surface area contributed by atoms with E-state index in [-0.39, 0.29) is 6.09 Å². The SMILES string of the molecule is O=C1OCCN1C1CCN(Cc2cc3n(n2)CCNC3)CC1. The predicted molar refractivity (Wildman–Crippen MR) is 80.3 cm³/mol. The maximum atomic E-state index is 11.6. The molecule has 7 heteroatoms. The average molecular weight is 305 g/mol. The van der Waals surface area contributed by atoms with Crippen LogP contribution in [0.5, 0.6) is 0 Å². The number of aromatic nitrogens is 2. The van der Waals surface area contributed by atoms with Gasteiger partial charge in [-0.3, -0.25) is 9.58 Å². The molecule has 120 valence electrons. The molecule has 0 radical (unpaired) electrons. The van der Waals surface area contributed by atoms with Crippen molar-refractivity contribution in [2.24, 2.45) is 0 Å². The molecule has 0 unspecified atom stereocenters. The van der Waals surface area contributed by atoms with Gasteiger partial charge in [-0.05, 0) is 18.9 Å². The number of nitrogens with one attached hydrogen (secondary N) is 1. The summed E-state index contributed by atoms with van der Waals surface area (Å²) in [4.78, 5) is 16.0. The predicted octanol–water partition coefficient (Wildman–Crippen LogP) is 0.403. The van der Waals surface area contributed by atoms with Crippen LogP contribution in [0.15, 0.2) is 6.07 Å². The molecule has 4 rings (SSSR count). The monoisotopic (exact) mass is 305 g/mol. The van der Waals surface area contributed by atoms with Crippen LogP contribution in [0.2, 0.25) is 0 Å². The first-order valence-electron chi connectivity index (χ1n) is 8.22. The second-order valence-electron chi connectivity index (χ2n) is 6.34. The van der Waals surface area contributed by atoms with Crippen molar-refractivity contribution in [2.75, 3.05) is 32.8 Å². The summed E-state index contributed by atoms with van der Waals surface area (Å²) in [7, 11) is 0. The lowest BCUT2D eigenvalue weighted by atomic mass is 10.0. The lowest BCUT2D eigenvalue weighted by molar-refractivity contribution is 0.114. The van der Waals surface area contributed by atoms with Gasteiger partial charge in [-0.25, -0.2) is 4.79 Å². The van der Waals surface area contributed by atoms with Crippen molar-refractivity contribution in [3.63, 3.8) is 0 Å². The highest BCUT2D eigenvalue weighted by Gasteiger charge is 2.32. The van der Waals surface area contributed by atoms with E-state index in [2.05, 4.69) is 21.0 Å². The molecule has 0 saturated carbocycles. The normalized spacial score (nSPS) is 23.6. The molecule has 2 saturated heterocycles. The molecule has 2 fully saturated rings. The third-order valence-corrected chi connectivity index (χ3v) is 4.90. The van der Waals surface area contributed by atoms with Gasteiger partial charge in [0.15, 0.2) is 0 Å². The summed E-state index contributed by atoms with van der Waals surface area (Å²) in [6.07, 6.45) is 1.93. The molecule has 7 nitrogen and oxygen atoms in total. The molecule has 0 atom stereocenters. The topological polar surface area (TPSA) is 62.6 Å². The van der Waals surface area contributed by atoms with Crippen molar-refractivity contribution in [2.45, 2.75) is 38.5 Å². The molecule has 0 aromatic carbocycles. The Kier molecular flexibility index (Phi) is 3.75. The smallest absolute Gasteiger partial charge is 0.410 e. The van der Waals surface area contributed by atoms with Crippen LogP contribution >= 0.6 is 0 Å². The fraction of sp³-hybridized carbons (Fsp3) is 0.733. The van der Waals surface area contributed by atoms with Crippen LogP contribution in [0.3, 0.4) is 0 Å². The molecule has 1 aromatic heterocycles. The molecule has 1 aromatic rings. The quantitative estimate of drug-likeness (QED) is 0.876. The fourth-order valence-corrected chi connectivity index (χ4v) is 3.68. The Balaban J connectivity index is 1.32. The Labute approximate surface area is 130 Å². The van der Waals surface area contributed by atoms with Gasteiger partial charge in [0.1, 0.15) is 6.61 Å². The van der Waals surface area contributed by atoms with Crippen LogP contribution in [0, 0.1) is 0 Å². The van der Waals surface area contributed by atoms with E-state index in [0.717, 1.165) is 64.3 Å². The first-order chi connectivity index (χ1) is 10.8. The zero-order chi connectivity index (χ0) is 14.9. The Hall–Kier alpha value is -1.60. The lowest BCUT2D eigenvalue weighted by Gasteiger charge is -2.35. The van der Waals surface area contributed by atoms with Crippen LogP contribution in [0.4, 0.5) is 4.79 Å². The van der Waals surface area contributed by atoms with Gasteiger partial charge >= 0.3 is 6.09 Å². The Morgan fingerprint density at radius 1 is 1.27 bits per heavy atom. The molecule has 0 spiro atoms. The minimum absolute atomic E-state index is 0.132. The number of hydrogen-bond donors (Lipinski definition) is 1. The van der Waals surface area contributed by atoms with Crippen LogP contribution < -0.4 is 5.32 Å². The average Bonchev–Trinajstić information content (AvgIpc) is 3.13. The van der Waals surface area contributed by atoms with Crippen LogP contribution in [-0.4, -0.2) is 64.5 Å². The van der Waals surface area contributed by atoms with Crippen LogP contribution in [-0.2, 0) is 24.4 Å². The van der Waals surface area contributed by atoms with Gasteiger partial charge < -0.3 is 15.0 Å². The molecule has 22 heavy (non-hydrogen) atoms. The van der Waals surface area contributed by atoms with Gasteiger partial charge in [0.2, 0.25) is 0 Å². The number of likely N-dealkylation sites (tertiary alicyclic amines) is 1. The van der Waals surface area contributed by atoms with Gasteiger partial charge in [0.25, 0.3) is 0 Å². The highest BCUT2D eigenvalue weighted by atomic mass is 16.6. The second kappa shape index (κ2) is 5.89. The van der Waals surface area contributed by atoms with Crippen molar-refractivity contribution in [3.05, 3.63) is 17.5 Å². The molecule has 1 amide bonds. The van der Waals surface area contributed by atoms with Crippen LogP contribution in [0.25, 0.3) is 0 Å². The number of ether oxygens (including phenoxy) is 1. The summed E-state index contributed by atoms with van der Waals surface area (Å²) in [6.45, 7) is 7.16. The summed E-state index contributed by atoms with van der Waals surface area (Å²) in [5.41, 5.74) is 2.45. The van der Waals surface area contributed by atoms with E-state index in [4.69, 9.17) is 9.84 Å². The zero-order valence-corrected chi connectivity index (χ0v) is 12.8. The molecule has 0 bridgehead atoms. The van der Waals surface area contributed by atoms with Crippen molar-refractivity contribution in [3.8, 4) is 0 Å². The molecule has 0 aliphatic carbocycles. The molecule has 3 aliphatic rings. The van der Waals surface area contributed by atoms with Crippen molar-refractivity contribution in [1.29, 1.82) is 0 Å². The molecule has 3 aliphatic heterocycles. The summed E-state index contributed by atoms with van der Waals surface area (Å²) >= 11 is 0. The first kappa shape index (κ1) is 14.0. The number of carbonyl (C=O) groups is 1. The lowest BCUT2D eigenvalue weighted by Crippen LogP contribution is -2.45. The highest BCUT2D eigenvalue weighted by molar-refractivity contribution is 5.69. The van der Waals surface area contributed by atoms with E-state index in [1.54, 1.807) is 0 Å². The minimum atomic E-state index is -0.132. The van der Waals surface area contributed by atoms with E-state index in [1.807, 2.05) is 4.90 Å². The third-order valence-electron chi connectivity index (χ3n) is 4.90. The Morgan fingerprint density at radius 2 is 2.14 bits per heavy atom. The largest absolute Gasteiger partial charge is 0.448 e. The number of cyclic esters (lactones) is 1. The van der Waals surface area contributed by atoms with Gasteiger partial charge in [-0.1, -0.05) is 0 Å². The number of fused-ring (bicyclic) bond motifs is 1. The van der Waals surface area contributed by atoms with E-state index in [9.17, 15) is 4.79 Å². The second-order valence-corrected chi connectivity index (χ2v) is 6.34. The number of carbonyl (C=O) groups excluding carboxylic acids is 1. The van der Waals surface area contributed by atoms with Gasteiger partial charge in [0.05, 0.1) is 24.5 Å². The summed E-state index contributed by atoms with van der Waals surface area (Å²) < 4.78 is 7.17. The van der Waals surface area contributed by atoms with Crippen molar-refractivity contribution >= 4 is 6.09 Å². The Morgan fingerprint density at radius 3 is 2.86 bits per heavy atom. The minimum Gasteiger partial charge on any atom is -0.448 e. The number of amides is 1. The number of rotatable bonds is 3. The highest BCUT2D eigenvalue weighted by Crippen LogP contribution is 2.21. The third kappa shape index (κ3) is 2.70. The van der Waals surface area contributed by atoms with Gasteiger partial charge in [0, 0.05) is 38.8 Å².